The molecule has 1 aromatic carbocycles. The zero-order valence-corrected chi connectivity index (χ0v) is 12.8. The molecule has 0 unspecified atom stereocenters. The molecule has 2 aromatic rings. The van der Waals surface area contributed by atoms with Crippen LogP contribution in [0.1, 0.15) is 24.0 Å². The minimum atomic E-state index is -0.528. The van der Waals surface area contributed by atoms with E-state index in [0.717, 1.165) is 12.8 Å². The summed E-state index contributed by atoms with van der Waals surface area (Å²) < 4.78 is 0. The van der Waals surface area contributed by atoms with Gasteiger partial charge in [0.2, 0.25) is 5.82 Å². The van der Waals surface area contributed by atoms with Crippen molar-refractivity contribution in [3.05, 3.63) is 63.8 Å². The molecule has 0 saturated heterocycles. The second-order valence-electron chi connectivity index (χ2n) is 5.90. The fourth-order valence-corrected chi connectivity index (χ4v) is 3.00. The highest BCUT2D eigenvalue weighted by molar-refractivity contribution is 5.65. The molecular formula is C17H16N4O2. The molecule has 3 rings (SSSR count). The van der Waals surface area contributed by atoms with Crippen LogP contribution in [0.3, 0.4) is 0 Å². The third kappa shape index (κ3) is 2.73. The normalized spacial score (nSPS) is 14.8. The first-order chi connectivity index (χ1) is 11.1. The van der Waals surface area contributed by atoms with Crippen LogP contribution in [-0.4, -0.2) is 23.5 Å². The Morgan fingerprint density at radius 2 is 2.04 bits per heavy atom. The van der Waals surface area contributed by atoms with Crippen LogP contribution in [0.5, 0.6) is 0 Å². The van der Waals surface area contributed by atoms with Gasteiger partial charge >= 0.3 is 5.69 Å². The summed E-state index contributed by atoms with van der Waals surface area (Å²) in [5.41, 5.74) is 1.08. The van der Waals surface area contributed by atoms with Crippen LogP contribution in [0.2, 0.25) is 0 Å². The molecule has 0 atom stereocenters. The molecule has 1 aromatic heterocycles. The Bertz CT molecular complexity index is 779. The maximum absolute atomic E-state index is 11.3. The molecule has 0 bridgehead atoms. The predicted molar refractivity (Wildman–Crippen MR) is 86.2 cm³/mol. The lowest BCUT2D eigenvalue weighted by Gasteiger charge is -2.25. The molecule has 0 N–H and O–H groups in total. The van der Waals surface area contributed by atoms with E-state index in [4.69, 9.17) is 5.26 Å². The molecule has 1 aliphatic carbocycles. The van der Waals surface area contributed by atoms with Crippen molar-refractivity contribution in [3.63, 3.8) is 0 Å². The van der Waals surface area contributed by atoms with E-state index >= 15 is 0 Å². The number of nitrogens with zero attached hydrogens (tertiary/aromatic N) is 4. The van der Waals surface area contributed by atoms with Crippen molar-refractivity contribution in [2.45, 2.75) is 18.3 Å². The van der Waals surface area contributed by atoms with Gasteiger partial charge in [-0.3, -0.25) is 10.1 Å². The van der Waals surface area contributed by atoms with E-state index in [1.54, 1.807) is 11.9 Å². The molecule has 1 aliphatic rings. The van der Waals surface area contributed by atoms with Crippen molar-refractivity contribution >= 4 is 11.5 Å². The van der Waals surface area contributed by atoms with E-state index in [-0.39, 0.29) is 22.5 Å². The standard InChI is InChI=1S/C17H16N4O2/c1-20(12-17(8-9-17)14-5-3-2-4-6-14)16-15(21(22)23)13(11-18)7-10-19-16/h2-7,10H,8-9,12H2,1H3. The SMILES string of the molecule is CN(CC1(c2ccccc2)CC1)c1nccc(C#N)c1[N+](=O)[O-]. The van der Waals surface area contributed by atoms with Gasteiger partial charge in [-0.05, 0) is 24.5 Å². The van der Waals surface area contributed by atoms with Gasteiger partial charge in [-0.15, -0.1) is 0 Å². The largest absolute Gasteiger partial charge is 0.353 e. The number of aromatic nitrogens is 1. The monoisotopic (exact) mass is 308 g/mol. The van der Waals surface area contributed by atoms with Crippen molar-refractivity contribution in [1.29, 1.82) is 5.26 Å². The number of anilines is 1. The van der Waals surface area contributed by atoms with Crippen LogP contribution in [0.25, 0.3) is 0 Å². The Morgan fingerprint density at radius 3 is 2.61 bits per heavy atom. The average Bonchev–Trinajstić information content (AvgIpc) is 3.35. The fourth-order valence-electron chi connectivity index (χ4n) is 3.00. The molecule has 23 heavy (non-hydrogen) atoms. The fraction of sp³-hybridized carbons (Fsp3) is 0.294. The first-order valence-electron chi connectivity index (χ1n) is 7.37. The van der Waals surface area contributed by atoms with E-state index in [9.17, 15) is 10.1 Å². The lowest BCUT2D eigenvalue weighted by atomic mass is 9.95. The van der Waals surface area contributed by atoms with Gasteiger partial charge < -0.3 is 4.90 Å². The third-order valence-electron chi connectivity index (χ3n) is 4.35. The minimum Gasteiger partial charge on any atom is -0.353 e. The maximum Gasteiger partial charge on any atom is 0.329 e. The number of hydrogen-bond acceptors (Lipinski definition) is 5. The van der Waals surface area contributed by atoms with Crippen molar-refractivity contribution < 1.29 is 4.92 Å². The van der Waals surface area contributed by atoms with Gasteiger partial charge in [0, 0.05) is 25.2 Å². The Labute approximate surface area is 134 Å². The molecule has 1 heterocycles. The first kappa shape index (κ1) is 15.0. The smallest absolute Gasteiger partial charge is 0.329 e. The number of hydrogen-bond donors (Lipinski definition) is 0. The molecule has 1 fully saturated rings. The molecule has 0 aliphatic heterocycles. The zero-order valence-electron chi connectivity index (χ0n) is 12.8. The number of benzene rings is 1. The molecule has 0 radical (unpaired) electrons. The van der Waals surface area contributed by atoms with Gasteiger partial charge in [-0.1, -0.05) is 30.3 Å². The van der Waals surface area contributed by atoms with E-state index < -0.39 is 4.92 Å². The van der Waals surface area contributed by atoms with Crippen LogP contribution >= 0.6 is 0 Å². The number of likely N-dealkylation sites (N-methyl/N-ethyl adjacent to an activating group) is 1. The topological polar surface area (TPSA) is 83.1 Å². The molecule has 0 spiro atoms. The molecule has 6 nitrogen and oxygen atoms in total. The van der Waals surface area contributed by atoms with E-state index in [0.29, 0.717) is 6.54 Å². The van der Waals surface area contributed by atoms with Gasteiger partial charge in [0.1, 0.15) is 11.6 Å². The van der Waals surface area contributed by atoms with E-state index in [1.807, 2.05) is 24.3 Å². The van der Waals surface area contributed by atoms with Crippen molar-refractivity contribution in [1.82, 2.24) is 4.98 Å². The molecular weight excluding hydrogens is 292 g/mol. The summed E-state index contributed by atoms with van der Waals surface area (Å²) in [6.07, 6.45) is 3.54. The Hall–Kier alpha value is -2.94. The van der Waals surface area contributed by atoms with Gasteiger partial charge in [0.15, 0.2) is 0 Å². The summed E-state index contributed by atoms with van der Waals surface area (Å²) in [6, 6.07) is 13.4. The van der Waals surface area contributed by atoms with E-state index in [2.05, 4.69) is 17.1 Å². The summed E-state index contributed by atoms with van der Waals surface area (Å²) in [4.78, 5) is 16.8. The predicted octanol–water partition coefficient (Wildman–Crippen LogP) is 3.03. The number of pyridine rings is 1. The summed E-state index contributed by atoms with van der Waals surface area (Å²) >= 11 is 0. The van der Waals surface area contributed by atoms with Gasteiger partial charge in [-0.25, -0.2) is 4.98 Å². The van der Waals surface area contributed by atoms with Crippen LogP contribution in [0.4, 0.5) is 11.5 Å². The highest BCUT2D eigenvalue weighted by atomic mass is 16.6. The second-order valence-corrected chi connectivity index (χ2v) is 5.90. The van der Waals surface area contributed by atoms with Crippen molar-refractivity contribution in [2.24, 2.45) is 0 Å². The Morgan fingerprint density at radius 1 is 1.35 bits per heavy atom. The van der Waals surface area contributed by atoms with Crippen molar-refractivity contribution in [3.8, 4) is 6.07 Å². The van der Waals surface area contributed by atoms with Crippen LogP contribution < -0.4 is 4.90 Å². The maximum atomic E-state index is 11.3. The summed E-state index contributed by atoms with van der Waals surface area (Å²) in [6.45, 7) is 0.639. The first-order valence-corrected chi connectivity index (χ1v) is 7.37. The molecule has 1 saturated carbocycles. The average molecular weight is 308 g/mol. The second kappa shape index (κ2) is 5.69. The minimum absolute atomic E-state index is 0.0220. The Balaban J connectivity index is 1.92. The highest BCUT2D eigenvalue weighted by Gasteiger charge is 2.45. The third-order valence-corrected chi connectivity index (χ3v) is 4.35. The van der Waals surface area contributed by atoms with Gasteiger partial charge in [0.05, 0.1) is 4.92 Å². The molecule has 6 heteroatoms. The molecule has 0 amide bonds. The van der Waals surface area contributed by atoms with E-state index in [1.165, 1.54) is 17.8 Å². The lowest BCUT2D eigenvalue weighted by Crippen LogP contribution is -2.30. The quantitative estimate of drug-likeness (QED) is 0.626. The number of rotatable bonds is 5. The van der Waals surface area contributed by atoms with Crippen LogP contribution in [0.15, 0.2) is 42.6 Å². The van der Waals surface area contributed by atoms with Gasteiger partial charge in [0.25, 0.3) is 0 Å². The number of nitro groups is 1. The highest BCUT2D eigenvalue weighted by Crippen LogP contribution is 2.49. The summed E-state index contributed by atoms with van der Waals surface area (Å²) in [5, 5.41) is 20.4. The van der Waals surface area contributed by atoms with Crippen molar-refractivity contribution in [2.75, 3.05) is 18.5 Å². The zero-order chi connectivity index (χ0) is 16.4. The number of nitriles is 1. The summed E-state index contributed by atoms with van der Waals surface area (Å²) in [7, 11) is 1.79. The van der Waals surface area contributed by atoms with Gasteiger partial charge in [-0.2, -0.15) is 5.26 Å². The Kier molecular flexibility index (Phi) is 3.70. The summed E-state index contributed by atoms with van der Waals surface area (Å²) in [5.74, 6) is 0.247. The lowest BCUT2D eigenvalue weighted by molar-refractivity contribution is -0.384. The van der Waals surface area contributed by atoms with Crippen LogP contribution in [-0.2, 0) is 5.41 Å². The molecule has 116 valence electrons. The van der Waals surface area contributed by atoms with Crippen LogP contribution in [0, 0.1) is 21.4 Å².